The Labute approximate surface area is 175 Å². The Balaban J connectivity index is 4.57. The van der Waals surface area contributed by atoms with Gasteiger partial charge in [-0.2, -0.15) is 0 Å². The van der Waals surface area contributed by atoms with Crippen molar-refractivity contribution in [3.05, 3.63) is 37.0 Å². The molecular weight excluding hydrogens is 368 g/mol. The molecule has 0 N–H and O–H groups in total. The monoisotopic (exact) mass is 412 g/mol. The van der Waals surface area contributed by atoms with Gasteiger partial charge in [-0.15, -0.1) is 0 Å². The van der Waals surface area contributed by atoms with Crippen molar-refractivity contribution >= 4 is 8.32 Å². The first-order valence-electron chi connectivity index (χ1n) is 11.2. The van der Waals surface area contributed by atoms with E-state index >= 15 is 0 Å². The van der Waals surface area contributed by atoms with Crippen LogP contribution < -0.4 is 0 Å². The minimum atomic E-state index is -1.81. The molecular formula is C23H44O4Si. The van der Waals surface area contributed by atoms with E-state index in [0.29, 0.717) is 0 Å². The second kappa shape index (κ2) is 20.5. The topological polar surface area (TPSA) is 36.9 Å². The Morgan fingerprint density at radius 1 is 0.571 bits per heavy atom. The standard InChI is InChI=1S/C23H44O4Si/c1-5-9-15-24-18-12-21-28(27-8-4,22-13-19-25-16-10-6-2)23-14-20-26-17-11-7-3/h9-11,15-17H,5-8,12-14,18-23H2,1-4H3. The molecule has 0 bridgehead atoms. The van der Waals surface area contributed by atoms with E-state index in [2.05, 4.69) is 45.9 Å². The number of hydrogen-bond acceptors (Lipinski definition) is 4. The van der Waals surface area contributed by atoms with Crippen LogP contribution in [0, 0.1) is 0 Å². The fourth-order valence-electron chi connectivity index (χ4n) is 3.03. The quantitative estimate of drug-likeness (QED) is 0.123. The molecule has 28 heavy (non-hydrogen) atoms. The molecule has 0 heterocycles. The zero-order chi connectivity index (χ0) is 20.8. The predicted molar refractivity (Wildman–Crippen MR) is 122 cm³/mol. The first-order chi connectivity index (χ1) is 13.7. The summed E-state index contributed by atoms with van der Waals surface area (Å²) in [6.45, 7) is 11.5. The third kappa shape index (κ3) is 15.8. The van der Waals surface area contributed by atoms with Crippen LogP contribution in [0.5, 0.6) is 0 Å². The molecule has 0 aliphatic heterocycles. The van der Waals surface area contributed by atoms with Crippen LogP contribution in [-0.2, 0) is 18.6 Å². The van der Waals surface area contributed by atoms with E-state index < -0.39 is 8.32 Å². The molecule has 0 atom stereocenters. The lowest BCUT2D eigenvalue weighted by atomic mass is 10.5. The van der Waals surface area contributed by atoms with Gasteiger partial charge < -0.3 is 18.6 Å². The number of allylic oxidation sites excluding steroid dienone is 3. The first kappa shape index (κ1) is 26.8. The summed E-state index contributed by atoms with van der Waals surface area (Å²) < 4.78 is 23.2. The van der Waals surface area contributed by atoms with Gasteiger partial charge in [0.1, 0.15) is 0 Å². The van der Waals surface area contributed by atoms with Crippen molar-refractivity contribution in [2.24, 2.45) is 0 Å². The van der Waals surface area contributed by atoms with Crippen LogP contribution in [0.3, 0.4) is 0 Å². The lowest BCUT2D eigenvalue weighted by Gasteiger charge is -2.31. The number of rotatable bonds is 20. The molecule has 0 saturated carbocycles. The highest BCUT2D eigenvalue weighted by molar-refractivity contribution is 6.73. The zero-order valence-electron chi connectivity index (χ0n) is 18.8. The largest absolute Gasteiger partial charge is 0.502 e. The Morgan fingerprint density at radius 2 is 0.929 bits per heavy atom. The van der Waals surface area contributed by atoms with Crippen molar-refractivity contribution < 1.29 is 18.6 Å². The second-order valence-electron chi connectivity index (χ2n) is 6.88. The molecule has 0 radical (unpaired) electrons. The molecule has 0 amide bonds. The maximum atomic E-state index is 6.43. The minimum absolute atomic E-state index is 0.768. The normalized spacial score (nSPS) is 14.1. The van der Waals surface area contributed by atoms with Crippen molar-refractivity contribution in [2.45, 2.75) is 84.4 Å². The molecule has 0 aromatic carbocycles. The molecule has 0 unspecified atom stereocenters. The Hall–Kier alpha value is -1.20. The van der Waals surface area contributed by atoms with E-state index in [-0.39, 0.29) is 0 Å². The van der Waals surface area contributed by atoms with Gasteiger partial charge in [-0.25, -0.2) is 0 Å². The molecule has 0 saturated heterocycles. The third-order valence-corrected chi connectivity index (χ3v) is 9.11. The van der Waals surface area contributed by atoms with E-state index in [1.165, 1.54) is 0 Å². The maximum absolute atomic E-state index is 6.43. The van der Waals surface area contributed by atoms with Gasteiger partial charge in [0, 0.05) is 6.61 Å². The zero-order valence-corrected chi connectivity index (χ0v) is 19.8. The van der Waals surface area contributed by atoms with Gasteiger partial charge in [0.15, 0.2) is 8.32 Å². The molecule has 0 aliphatic rings. The van der Waals surface area contributed by atoms with E-state index in [0.717, 1.165) is 83.1 Å². The molecule has 4 nitrogen and oxygen atoms in total. The summed E-state index contributed by atoms with van der Waals surface area (Å²) in [5, 5.41) is 0. The summed E-state index contributed by atoms with van der Waals surface area (Å²) in [6.07, 6.45) is 17.8. The van der Waals surface area contributed by atoms with Crippen LogP contribution in [0.1, 0.15) is 66.2 Å². The first-order valence-corrected chi connectivity index (χ1v) is 13.7. The molecule has 0 aromatic rings. The summed E-state index contributed by atoms with van der Waals surface area (Å²) in [5.41, 5.74) is 0. The van der Waals surface area contributed by atoms with Crippen molar-refractivity contribution in [2.75, 3.05) is 26.4 Å². The third-order valence-electron chi connectivity index (χ3n) is 4.42. The number of hydrogen-bond donors (Lipinski definition) is 0. The molecule has 0 rings (SSSR count). The van der Waals surface area contributed by atoms with E-state index in [4.69, 9.17) is 18.6 Å². The fourth-order valence-corrected chi connectivity index (χ4v) is 7.19. The summed E-state index contributed by atoms with van der Waals surface area (Å²) in [7, 11) is -1.81. The number of ether oxygens (including phenoxy) is 3. The van der Waals surface area contributed by atoms with Crippen molar-refractivity contribution in [1.29, 1.82) is 0 Å². The van der Waals surface area contributed by atoms with Crippen molar-refractivity contribution in [3.63, 3.8) is 0 Å². The molecule has 0 spiro atoms. The minimum Gasteiger partial charge on any atom is -0.502 e. The molecule has 0 fully saturated rings. The maximum Gasteiger partial charge on any atom is 0.193 e. The summed E-state index contributed by atoms with van der Waals surface area (Å²) in [5.74, 6) is 0. The van der Waals surface area contributed by atoms with Gasteiger partial charge in [-0.1, -0.05) is 39.0 Å². The van der Waals surface area contributed by atoms with Gasteiger partial charge >= 0.3 is 0 Å². The van der Waals surface area contributed by atoms with E-state index in [1.807, 2.05) is 18.8 Å². The fraction of sp³-hybridized carbons (Fsp3) is 0.739. The summed E-state index contributed by atoms with van der Waals surface area (Å²) >= 11 is 0. The van der Waals surface area contributed by atoms with Crippen LogP contribution in [-0.4, -0.2) is 34.7 Å². The van der Waals surface area contributed by atoms with E-state index in [1.54, 1.807) is 0 Å². The van der Waals surface area contributed by atoms with Crippen LogP contribution in [0.4, 0.5) is 0 Å². The van der Waals surface area contributed by atoms with Crippen LogP contribution >= 0.6 is 0 Å². The van der Waals surface area contributed by atoms with Crippen molar-refractivity contribution in [3.8, 4) is 0 Å². The van der Waals surface area contributed by atoms with Gasteiger partial charge in [-0.05, 0) is 63.6 Å². The van der Waals surface area contributed by atoms with Crippen LogP contribution in [0.2, 0.25) is 18.1 Å². The molecule has 0 aromatic heterocycles. The second-order valence-corrected chi connectivity index (χ2v) is 11.0. The summed E-state index contributed by atoms with van der Waals surface area (Å²) in [4.78, 5) is 0. The molecule has 0 aliphatic carbocycles. The van der Waals surface area contributed by atoms with Gasteiger partial charge in [0.2, 0.25) is 0 Å². The van der Waals surface area contributed by atoms with E-state index in [9.17, 15) is 0 Å². The highest BCUT2D eigenvalue weighted by Gasteiger charge is 2.33. The summed E-state index contributed by atoms with van der Waals surface area (Å²) in [6, 6.07) is 3.41. The lowest BCUT2D eigenvalue weighted by Crippen LogP contribution is -2.39. The van der Waals surface area contributed by atoms with Gasteiger partial charge in [-0.3, -0.25) is 0 Å². The average Bonchev–Trinajstić information content (AvgIpc) is 2.70. The molecule has 5 heteroatoms. The predicted octanol–water partition coefficient (Wildman–Crippen LogP) is 6.96. The smallest absolute Gasteiger partial charge is 0.193 e. The highest BCUT2D eigenvalue weighted by Crippen LogP contribution is 2.28. The molecule has 164 valence electrons. The highest BCUT2D eigenvalue weighted by atomic mass is 28.4. The Bertz CT molecular complexity index is 352. The van der Waals surface area contributed by atoms with Crippen LogP contribution in [0.15, 0.2) is 37.0 Å². The Kier molecular flexibility index (Phi) is 19.6. The van der Waals surface area contributed by atoms with Crippen molar-refractivity contribution in [1.82, 2.24) is 0 Å². The van der Waals surface area contributed by atoms with Gasteiger partial charge in [0.05, 0.1) is 38.6 Å². The van der Waals surface area contributed by atoms with Gasteiger partial charge in [0.25, 0.3) is 0 Å². The SMILES string of the molecule is CCC=COCCC[Si](CCCOC=CCC)(CCCOC=CCC)OCC. The average molecular weight is 413 g/mol. The Morgan fingerprint density at radius 3 is 1.21 bits per heavy atom. The lowest BCUT2D eigenvalue weighted by molar-refractivity contribution is 0.232. The van der Waals surface area contributed by atoms with Crippen LogP contribution in [0.25, 0.3) is 0 Å².